The zero-order valence-corrected chi connectivity index (χ0v) is 23.5. The van der Waals surface area contributed by atoms with Crippen molar-refractivity contribution in [2.24, 2.45) is 5.73 Å². The number of aliphatic hydroxyl groups is 3. The molecule has 266 valence electrons. The number of nitrogens with two attached hydrogens (primary N) is 1. The predicted octanol–water partition coefficient (Wildman–Crippen LogP) is -3.76. The molecule has 25 heteroatoms. The van der Waals surface area contributed by atoms with E-state index in [4.69, 9.17) is 61.3 Å². The Morgan fingerprint density at radius 3 is 0.587 bits per heavy atom. The van der Waals surface area contributed by atoms with Crippen molar-refractivity contribution in [1.82, 2.24) is 12.3 Å². The Morgan fingerprint density at radius 1 is 0.435 bits per heavy atom. The average Bonchev–Trinajstić information content (AvgIpc) is 2.76. The summed E-state index contributed by atoms with van der Waals surface area (Å²) >= 11 is 0. The van der Waals surface area contributed by atoms with E-state index in [-0.39, 0.29) is 12.3 Å². The Morgan fingerprint density at radius 2 is 0.543 bits per heavy atom. The third kappa shape index (κ3) is 27.1. The van der Waals surface area contributed by atoms with E-state index in [1.54, 1.807) is 0 Å². The molecule has 0 aromatic carbocycles. The highest BCUT2D eigenvalue weighted by atomic mass is 16.4. The molecule has 0 fully saturated rings. The molecule has 0 atom stereocenters. The van der Waals surface area contributed by atoms with Crippen LogP contribution in [0.1, 0.15) is 38.5 Å². The normalized spacial score (nSPS) is 9.89. The summed E-state index contributed by atoms with van der Waals surface area (Å²) in [7, 11) is 0. The molecule has 0 spiro atoms. The van der Waals surface area contributed by atoms with Crippen molar-refractivity contribution < 1.29 is 109 Å². The molecule has 0 aliphatic rings. The fourth-order valence-electron chi connectivity index (χ4n) is 2.14. The third-order valence-corrected chi connectivity index (χ3v) is 4.06. The Balaban J connectivity index is -0.000000119. The quantitative estimate of drug-likeness (QED) is 0.0695. The second kappa shape index (κ2) is 23.7. The molecule has 0 unspecified atom stereocenters. The molecule has 0 rings (SSSR count). The zero-order chi connectivity index (χ0) is 36.2. The van der Waals surface area contributed by atoms with E-state index in [2.05, 4.69) is 12.3 Å². The van der Waals surface area contributed by atoms with Crippen molar-refractivity contribution in [3.8, 4) is 0 Å². The lowest BCUT2D eigenvalue weighted by Gasteiger charge is -2.18. The predicted molar refractivity (Wildman–Crippen MR) is 141 cm³/mol. The fourth-order valence-corrected chi connectivity index (χ4v) is 2.14. The van der Waals surface area contributed by atoms with Gasteiger partial charge in [0.15, 0.2) is 16.8 Å². The summed E-state index contributed by atoms with van der Waals surface area (Å²) in [6.07, 6.45) is -5.81. The van der Waals surface area contributed by atoms with Gasteiger partial charge in [-0.05, 0) is 6.08 Å². The van der Waals surface area contributed by atoms with E-state index >= 15 is 0 Å². The van der Waals surface area contributed by atoms with Gasteiger partial charge in [-0.15, -0.1) is 0 Å². The van der Waals surface area contributed by atoms with Gasteiger partial charge in [-0.25, -0.2) is 14.4 Å². The number of carboxylic acid groups (broad SMARTS) is 9. The molecular formula is C21H35N3O22. The number of rotatable bonds is 16. The topological polar surface area (TPSA) is 509 Å². The van der Waals surface area contributed by atoms with Crippen LogP contribution in [0.5, 0.6) is 0 Å². The molecule has 25 nitrogen and oxygen atoms in total. The lowest BCUT2D eigenvalue weighted by molar-refractivity contribution is -0.170. The van der Waals surface area contributed by atoms with E-state index in [9.17, 15) is 47.9 Å². The van der Waals surface area contributed by atoms with Crippen LogP contribution in [0.25, 0.3) is 0 Å². The maximum atomic E-state index is 10.3. The Kier molecular flexibility index (Phi) is 27.2. The maximum Gasteiger partial charge on any atom is 0.336 e. The number of amides is 1. The van der Waals surface area contributed by atoms with Crippen molar-refractivity contribution in [2.45, 2.75) is 55.3 Å². The summed E-state index contributed by atoms with van der Waals surface area (Å²) in [4.78, 5) is 101. The number of carboxylic acids is 9. The van der Waals surface area contributed by atoms with Gasteiger partial charge in [-0.1, -0.05) is 6.58 Å². The van der Waals surface area contributed by atoms with Crippen LogP contribution in [0.3, 0.4) is 0 Å². The molecule has 0 aliphatic carbocycles. The molecule has 0 saturated carbocycles. The monoisotopic (exact) mass is 681 g/mol. The van der Waals surface area contributed by atoms with Crippen LogP contribution in [-0.4, -0.2) is 138 Å². The van der Waals surface area contributed by atoms with Gasteiger partial charge in [-0.3, -0.25) is 33.6 Å². The van der Waals surface area contributed by atoms with Crippen LogP contribution < -0.4 is 18.0 Å². The summed E-state index contributed by atoms with van der Waals surface area (Å²) in [5.74, 6) is -15.5. The van der Waals surface area contributed by atoms with Gasteiger partial charge >= 0.3 is 53.7 Å². The Bertz CT molecular complexity index is 960. The molecule has 1 amide bonds. The van der Waals surface area contributed by atoms with Crippen molar-refractivity contribution in [2.75, 3.05) is 0 Å². The lowest BCUT2D eigenvalue weighted by atomic mass is 9.96. The first-order valence-corrected chi connectivity index (χ1v) is 10.7. The number of carbonyl (C=O) groups is 10. The molecule has 20 N–H and O–H groups in total. The first kappa shape index (κ1) is 52.9. The van der Waals surface area contributed by atoms with Crippen LogP contribution in [0.4, 0.5) is 0 Å². The number of hydrogen-bond donors (Lipinski definition) is 15. The highest BCUT2D eigenvalue weighted by Crippen LogP contribution is 2.17. The van der Waals surface area contributed by atoms with Gasteiger partial charge in [0.1, 0.15) is 0 Å². The van der Waals surface area contributed by atoms with Gasteiger partial charge in [0.2, 0.25) is 5.91 Å². The Labute approximate surface area is 255 Å². The SMILES string of the molecule is C=CC(N)=O.N.N.O=C(O)CC(O)(CC(=O)O)C(=O)O.O=C(O)CC(O)(CC(=O)O)C(=O)O.O=C(O)CC(O)(CC(=O)O)C(=O)O. The van der Waals surface area contributed by atoms with Crippen LogP contribution in [-0.2, 0) is 47.9 Å². The summed E-state index contributed by atoms with van der Waals surface area (Å²) in [6, 6.07) is 0. The minimum Gasteiger partial charge on any atom is -0.481 e. The van der Waals surface area contributed by atoms with E-state index in [0.29, 0.717) is 0 Å². The van der Waals surface area contributed by atoms with Crippen molar-refractivity contribution in [3.63, 3.8) is 0 Å². The number of hydrogen-bond acceptors (Lipinski definition) is 15. The van der Waals surface area contributed by atoms with Crippen molar-refractivity contribution in [1.29, 1.82) is 0 Å². The summed E-state index contributed by atoms with van der Waals surface area (Å²) in [6.45, 7) is 3.09. The molecule has 0 radical (unpaired) electrons. The van der Waals surface area contributed by atoms with Crippen molar-refractivity contribution >= 4 is 59.6 Å². The van der Waals surface area contributed by atoms with E-state index in [1.165, 1.54) is 0 Å². The van der Waals surface area contributed by atoms with Gasteiger partial charge in [0.25, 0.3) is 0 Å². The maximum absolute atomic E-state index is 10.3. The molecule has 0 bridgehead atoms. The van der Waals surface area contributed by atoms with Gasteiger partial charge in [0.05, 0.1) is 38.5 Å². The Hall–Kier alpha value is -5.76. The van der Waals surface area contributed by atoms with Gasteiger partial charge in [-0.2, -0.15) is 0 Å². The van der Waals surface area contributed by atoms with Crippen LogP contribution in [0.2, 0.25) is 0 Å². The average molecular weight is 682 g/mol. The molecule has 46 heavy (non-hydrogen) atoms. The largest absolute Gasteiger partial charge is 0.481 e. The standard InChI is InChI=1S/3C6H8O7.C3H5NO.2H3N/c3*7-3(8)1-6(13,5(11)12)2-4(9)10;1-2-3(4)5;;/h3*13H,1-2H2,(H,7,8)(H,9,10)(H,11,12);2H,1H2,(H2,4,5);2*1H3. The highest BCUT2D eigenvalue weighted by Gasteiger charge is 2.42. The number of carbonyl (C=O) groups excluding carboxylic acids is 1. The molecule has 0 aliphatic heterocycles. The van der Waals surface area contributed by atoms with E-state index in [0.717, 1.165) is 6.08 Å². The van der Waals surface area contributed by atoms with E-state index < -0.39 is 115 Å². The summed E-state index contributed by atoms with van der Waals surface area (Å²) in [5.41, 5.74) is -3.68. The molecular weight excluding hydrogens is 646 g/mol. The summed E-state index contributed by atoms with van der Waals surface area (Å²) in [5, 5.41) is 101. The zero-order valence-electron chi connectivity index (χ0n) is 23.5. The van der Waals surface area contributed by atoms with Crippen LogP contribution in [0, 0.1) is 0 Å². The molecule has 0 aromatic rings. The first-order chi connectivity index (χ1) is 19.6. The number of primary amides is 1. The minimum atomic E-state index is -2.74. The third-order valence-electron chi connectivity index (χ3n) is 4.06. The van der Waals surface area contributed by atoms with Gasteiger partial charge < -0.3 is 79.3 Å². The lowest BCUT2D eigenvalue weighted by Crippen LogP contribution is -2.42. The second-order valence-electron chi connectivity index (χ2n) is 8.04. The highest BCUT2D eigenvalue weighted by molar-refractivity contribution is 5.89. The van der Waals surface area contributed by atoms with Crippen LogP contribution in [0.15, 0.2) is 12.7 Å². The second-order valence-corrected chi connectivity index (χ2v) is 8.04. The number of aliphatic carboxylic acids is 9. The summed E-state index contributed by atoms with van der Waals surface area (Å²) < 4.78 is 0. The van der Waals surface area contributed by atoms with Crippen LogP contribution >= 0.6 is 0 Å². The molecule has 0 saturated heterocycles. The molecule has 0 heterocycles. The smallest absolute Gasteiger partial charge is 0.336 e. The van der Waals surface area contributed by atoms with E-state index in [1.807, 2.05) is 0 Å². The fraction of sp³-hybridized carbons (Fsp3) is 0.429. The first-order valence-electron chi connectivity index (χ1n) is 10.7. The van der Waals surface area contributed by atoms with Crippen molar-refractivity contribution in [3.05, 3.63) is 12.7 Å². The van der Waals surface area contributed by atoms with Gasteiger partial charge in [0, 0.05) is 0 Å². The molecule has 0 aromatic heterocycles. The minimum absolute atomic E-state index is 0.